The Morgan fingerprint density at radius 1 is 1.19 bits per heavy atom. The summed E-state index contributed by atoms with van der Waals surface area (Å²) >= 11 is 6.41. The van der Waals surface area contributed by atoms with Crippen LogP contribution in [0.3, 0.4) is 0 Å². The first-order valence-electron chi connectivity index (χ1n) is 8.68. The molecule has 1 aliphatic heterocycles. The number of benzene rings is 2. The van der Waals surface area contributed by atoms with Crippen molar-refractivity contribution in [2.45, 2.75) is 18.4 Å². The van der Waals surface area contributed by atoms with E-state index in [1.54, 1.807) is 18.2 Å². The summed E-state index contributed by atoms with van der Waals surface area (Å²) < 4.78 is 4.75. The number of methoxy groups -OCH3 is 1. The first-order valence-corrected chi connectivity index (χ1v) is 9.05. The van der Waals surface area contributed by atoms with E-state index in [1.165, 1.54) is 13.2 Å². The second-order valence-corrected chi connectivity index (χ2v) is 7.22. The molecule has 2 aromatic carbocycles. The third kappa shape index (κ3) is 2.98. The number of carboxylic acid groups (broad SMARTS) is 1. The molecule has 2 N–H and O–H groups in total. The van der Waals surface area contributed by atoms with Gasteiger partial charge in [0.25, 0.3) is 0 Å². The Hall–Kier alpha value is -2.79. The summed E-state index contributed by atoms with van der Waals surface area (Å²) in [7, 11) is 1.36. The average Bonchev–Trinajstić information content (AvgIpc) is 3.17. The highest BCUT2D eigenvalue weighted by atomic mass is 35.5. The van der Waals surface area contributed by atoms with Crippen molar-refractivity contribution in [1.29, 1.82) is 0 Å². The number of hydrogen-bond donors (Lipinski definition) is 2. The fourth-order valence-corrected chi connectivity index (χ4v) is 4.33. The predicted octanol–water partition coefficient (Wildman–Crippen LogP) is 4.65. The topological polar surface area (TPSA) is 75.6 Å². The van der Waals surface area contributed by atoms with Crippen LogP contribution in [0.1, 0.15) is 50.2 Å². The van der Waals surface area contributed by atoms with E-state index >= 15 is 0 Å². The second-order valence-electron chi connectivity index (χ2n) is 6.82. The van der Waals surface area contributed by atoms with Crippen molar-refractivity contribution in [2.75, 3.05) is 12.4 Å². The second kappa shape index (κ2) is 6.74. The maximum atomic E-state index is 11.7. The van der Waals surface area contributed by atoms with Crippen LogP contribution in [-0.4, -0.2) is 24.2 Å². The molecule has 6 heteroatoms. The van der Waals surface area contributed by atoms with Crippen LogP contribution in [0.5, 0.6) is 0 Å². The molecule has 4 rings (SSSR count). The van der Waals surface area contributed by atoms with Crippen molar-refractivity contribution >= 4 is 29.2 Å². The van der Waals surface area contributed by atoms with Crippen LogP contribution >= 0.6 is 11.6 Å². The van der Waals surface area contributed by atoms with Gasteiger partial charge >= 0.3 is 11.9 Å². The van der Waals surface area contributed by atoms with Crippen LogP contribution in [0, 0.1) is 5.92 Å². The minimum atomic E-state index is -0.987. The van der Waals surface area contributed by atoms with Gasteiger partial charge < -0.3 is 15.2 Å². The van der Waals surface area contributed by atoms with Gasteiger partial charge in [-0.2, -0.15) is 0 Å². The third-order valence-electron chi connectivity index (χ3n) is 5.36. The van der Waals surface area contributed by atoms with Gasteiger partial charge in [-0.3, -0.25) is 0 Å². The van der Waals surface area contributed by atoms with E-state index in [-0.39, 0.29) is 29.4 Å². The molecule has 3 atom stereocenters. The molecule has 0 amide bonds. The number of nitrogens with one attached hydrogen (secondary N) is 1. The number of esters is 1. The van der Waals surface area contributed by atoms with Crippen LogP contribution in [0.2, 0.25) is 5.02 Å². The van der Waals surface area contributed by atoms with E-state index in [4.69, 9.17) is 16.3 Å². The molecule has 0 radical (unpaired) electrons. The van der Waals surface area contributed by atoms with Crippen LogP contribution in [-0.2, 0) is 4.74 Å². The summed E-state index contributed by atoms with van der Waals surface area (Å²) in [5.74, 6) is -1.00. The summed E-state index contributed by atoms with van der Waals surface area (Å²) in [5, 5.41) is 13.2. The molecule has 1 heterocycles. The van der Waals surface area contributed by atoms with Crippen molar-refractivity contribution < 1.29 is 19.4 Å². The van der Waals surface area contributed by atoms with Crippen LogP contribution in [0.15, 0.2) is 48.6 Å². The molecule has 138 valence electrons. The van der Waals surface area contributed by atoms with Gasteiger partial charge in [-0.15, -0.1) is 0 Å². The van der Waals surface area contributed by atoms with Gasteiger partial charge in [-0.25, -0.2) is 9.59 Å². The minimum absolute atomic E-state index is 0.0115. The number of aromatic carboxylic acids is 1. The number of ether oxygens (including phenoxy) is 1. The fourth-order valence-electron chi connectivity index (χ4n) is 4.05. The summed E-state index contributed by atoms with van der Waals surface area (Å²) in [4.78, 5) is 23.1. The third-order valence-corrected chi connectivity index (χ3v) is 5.66. The fraction of sp³-hybridized carbons (Fsp3) is 0.238. The SMILES string of the molecule is COC(=O)c1ccc([C@@H]2Nc3c(Cl)cc(C(=O)O)cc3[C@H]3C=CC[C@H]32)cc1. The monoisotopic (exact) mass is 383 g/mol. The van der Waals surface area contributed by atoms with Gasteiger partial charge in [0.2, 0.25) is 0 Å². The van der Waals surface area contributed by atoms with Gasteiger partial charge in [0.1, 0.15) is 0 Å². The highest BCUT2D eigenvalue weighted by molar-refractivity contribution is 6.33. The minimum Gasteiger partial charge on any atom is -0.478 e. The van der Waals surface area contributed by atoms with Crippen molar-refractivity contribution in [3.05, 3.63) is 75.8 Å². The number of rotatable bonds is 3. The molecule has 5 nitrogen and oxygen atoms in total. The van der Waals surface area contributed by atoms with E-state index in [0.717, 1.165) is 23.2 Å². The van der Waals surface area contributed by atoms with Crippen molar-refractivity contribution in [2.24, 2.45) is 5.92 Å². The maximum Gasteiger partial charge on any atom is 0.337 e. The highest BCUT2D eigenvalue weighted by Crippen LogP contribution is 2.51. The zero-order valence-electron chi connectivity index (χ0n) is 14.6. The Labute approximate surface area is 161 Å². The predicted molar refractivity (Wildman–Crippen MR) is 103 cm³/mol. The number of carbonyl (C=O) groups excluding carboxylic acids is 1. The molecular formula is C21H18ClNO4. The number of carbonyl (C=O) groups is 2. The van der Waals surface area contributed by atoms with E-state index in [1.807, 2.05) is 12.1 Å². The molecule has 2 aromatic rings. The van der Waals surface area contributed by atoms with Crippen molar-refractivity contribution in [3.8, 4) is 0 Å². The Kier molecular flexibility index (Phi) is 4.40. The van der Waals surface area contributed by atoms with E-state index in [0.29, 0.717) is 10.6 Å². The number of hydrogen-bond acceptors (Lipinski definition) is 4. The van der Waals surface area contributed by atoms with Crippen molar-refractivity contribution in [1.82, 2.24) is 0 Å². The number of anilines is 1. The Morgan fingerprint density at radius 3 is 2.59 bits per heavy atom. The van der Waals surface area contributed by atoms with E-state index in [2.05, 4.69) is 17.5 Å². The molecular weight excluding hydrogens is 366 g/mol. The standard InChI is InChI=1S/C21H18ClNO4/c1-27-21(26)12-7-5-11(6-8-12)18-15-4-2-3-14(15)16-9-13(20(24)25)10-17(22)19(16)23-18/h2-3,5-10,14-15,18,23H,4H2,1H3,(H,24,25)/t14-,15+,18-/m0/s1. The number of carboxylic acids is 1. The quantitative estimate of drug-likeness (QED) is 0.596. The molecule has 0 saturated carbocycles. The van der Waals surface area contributed by atoms with Crippen LogP contribution in [0.25, 0.3) is 0 Å². The Bertz CT molecular complexity index is 951. The molecule has 0 spiro atoms. The summed E-state index contributed by atoms with van der Waals surface area (Å²) in [5.41, 5.74) is 3.44. The lowest BCUT2D eigenvalue weighted by molar-refractivity contribution is 0.0599. The lowest BCUT2D eigenvalue weighted by Crippen LogP contribution is -2.29. The molecule has 2 aliphatic rings. The molecule has 0 aromatic heterocycles. The summed E-state index contributed by atoms with van der Waals surface area (Å²) in [6, 6.07) is 10.5. The molecule has 0 saturated heterocycles. The largest absolute Gasteiger partial charge is 0.478 e. The van der Waals surface area contributed by atoms with Gasteiger partial charge in [0.05, 0.1) is 35.0 Å². The number of fused-ring (bicyclic) bond motifs is 3. The molecule has 27 heavy (non-hydrogen) atoms. The highest BCUT2D eigenvalue weighted by Gasteiger charge is 2.39. The summed E-state index contributed by atoms with van der Waals surface area (Å²) in [6.07, 6.45) is 5.14. The van der Waals surface area contributed by atoms with Crippen LogP contribution in [0.4, 0.5) is 5.69 Å². The first kappa shape index (κ1) is 17.6. The Morgan fingerprint density at radius 2 is 1.93 bits per heavy atom. The zero-order valence-corrected chi connectivity index (χ0v) is 15.4. The first-order chi connectivity index (χ1) is 13.0. The molecule has 0 bridgehead atoms. The van der Waals surface area contributed by atoms with E-state index in [9.17, 15) is 14.7 Å². The molecule has 0 unspecified atom stereocenters. The Balaban J connectivity index is 1.74. The normalized spacial score (nSPS) is 22.5. The molecule has 1 aliphatic carbocycles. The maximum absolute atomic E-state index is 11.7. The van der Waals surface area contributed by atoms with Gasteiger partial charge in [-0.1, -0.05) is 35.9 Å². The van der Waals surface area contributed by atoms with Crippen molar-refractivity contribution in [3.63, 3.8) is 0 Å². The molecule has 0 fully saturated rings. The van der Waals surface area contributed by atoms with Gasteiger partial charge in [-0.05, 0) is 47.7 Å². The van der Waals surface area contributed by atoms with Gasteiger partial charge in [0.15, 0.2) is 0 Å². The average molecular weight is 384 g/mol. The smallest absolute Gasteiger partial charge is 0.337 e. The lowest BCUT2D eigenvalue weighted by atomic mass is 9.76. The van der Waals surface area contributed by atoms with Crippen LogP contribution < -0.4 is 5.32 Å². The lowest BCUT2D eigenvalue weighted by Gasteiger charge is -2.38. The number of allylic oxidation sites excluding steroid dienone is 2. The number of halogens is 1. The zero-order chi connectivity index (χ0) is 19.1. The van der Waals surface area contributed by atoms with Gasteiger partial charge in [0, 0.05) is 5.92 Å². The summed E-state index contributed by atoms with van der Waals surface area (Å²) in [6.45, 7) is 0. The van der Waals surface area contributed by atoms with E-state index < -0.39 is 5.97 Å².